The van der Waals surface area contributed by atoms with Crippen LogP contribution in [0.15, 0.2) is 18.2 Å². The molecule has 0 bridgehead atoms. The maximum Gasteiger partial charge on any atom is 0.278 e. The van der Waals surface area contributed by atoms with E-state index in [1.165, 1.54) is 12.1 Å². The van der Waals surface area contributed by atoms with Crippen LogP contribution in [-0.2, 0) is 6.54 Å². The average Bonchev–Trinajstić information content (AvgIpc) is 2.04. The van der Waals surface area contributed by atoms with Gasteiger partial charge in [-0.05, 0) is 12.1 Å². The van der Waals surface area contributed by atoms with E-state index in [2.05, 4.69) is 10.3 Å². The molecule has 2 rings (SSSR count). The molecule has 55 valence electrons. The molecular formula is C8H7FN2+. The van der Waals surface area contributed by atoms with Gasteiger partial charge in [0.1, 0.15) is 11.5 Å². The highest BCUT2D eigenvalue weighted by Crippen LogP contribution is 2.17. The molecule has 11 heavy (non-hydrogen) atoms. The van der Waals surface area contributed by atoms with Crippen LogP contribution in [0.4, 0.5) is 10.1 Å². The standard InChI is InChI=1S/C8H7FN2/c9-7-2-1-6-4-10-5-11-8(6)3-7/h1-3,5,11H,4H2/q+1. The van der Waals surface area contributed by atoms with Gasteiger partial charge in [-0.3, -0.25) is 0 Å². The summed E-state index contributed by atoms with van der Waals surface area (Å²) in [6.07, 6.45) is 1.59. The third-order valence-electron chi connectivity index (χ3n) is 1.64. The van der Waals surface area contributed by atoms with E-state index in [-0.39, 0.29) is 5.82 Å². The molecule has 1 heterocycles. The first-order valence-corrected chi connectivity index (χ1v) is 3.39. The zero-order chi connectivity index (χ0) is 7.68. The lowest BCUT2D eigenvalue weighted by molar-refractivity contribution is 0.627. The first kappa shape index (κ1) is 6.34. The Kier molecular flexibility index (Phi) is 1.35. The van der Waals surface area contributed by atoms with Crippen molar-refractivity contribution < 1.29 is 4.39 Å². The second-order valence-electron chi connectivity index (χ2n) is 2.42. The van der Waals surface area contributed by atoms with E-state index in [4.69, 9.17) is 0 Å². The molecule has 0 aliphatic carbocycles. The largest absolute Gasteiger partial charge is 0.278 e. The number of halogens is 1. The summed E-state index contributed by atoms with van der Waals surface area (Å²) >= 11 is 0. The van der Waals surface area contributed by atoms with Gasteiger partial charge in [-0.1, -0.05) is 4.99 Å². The van der Waals surface area contributed by atoms with Crippen molar-refractivity contribution in [2.75, 3.05) is 5.32 Å². The molecule has 0 saturated heterocycles. The average molecular weight is 150 g/mol. The van der Waals surface area contributed by atoms with Crippen LogP contribution in [0.1, 0.15) is 5.56 Å². The highest BCUT2D eigenvalue weighted by atomic mass is 19.1. The molecule has 1 aliphatic rings. The van der Waals surface area contributed by atoms with Gasteiger partial charge >= 0.3 is 0 Å². The van der Waals surface area contributed by atoms with Crippen LogP contribution in [0.25, 0.3) is 0 Å². The van der Waals surface area contributed by atoms with Crippen molar-refractivity contribution in [1.29, 1.82) is 0 Å². The van der Waals surface area contributed by atoms with Crippen LogP contribution < -0.4 is 10.3 Å². The highest BCUT2D eigenvalue weighted by Gasteiger charge is 2.11. The van der Waals surface area contributed by atoms with Crippen LogP contribution >= 0.6 is 0 Å². The number of hydrogen-bond acceptors (Lipinski definition) is 2. The van der Waals surface area contributed by atoms with E-state index >= 15 is 0 Å². The highest BCUT2D eigenvalue weighted by molar-refractivity contribution is 5.78. The molecule has 1 aliphatic heterocycles. The summed E-state index contributed by atoms with van der Waals surface area (Å²) in [7, 11) is 0. The van der Waals surface area contributed by atoms with Crippen LogP contribution in [0.3, 0.4) is 0 Å². The third-order valence-corrected chi connectivity index (χ3v) is 1.64. The molecule has 0 unspecified atom stereocenters. The van der Waals surface area contributed by atoms with Crippen molar-refractivity contribution in [1.82, 2.24) is 4.99 Å². The number of rotatable bonds is 0. The molecule has 0 aromatic heterocycles. The van der Waals surface area contributed by atoms with Crippen molar-refractivity contribution in [2.24, 2.45) is 0 Å². The molecule has 0 fully saturated rings. The smallest absolute Gasteiger partial charge is 0.244 e. The van der Waals surface area contributed by atoms with Crippen LogP contribution in [0, 0.1) is 5.82 Å². The van der Waals surface area contributed by atoms with Crippen LogP contribution in [-0.4, -0.2) is 6.34 Å². The Labute approximate surface area is 63.8 Å². The minimum atomic E-state index is -0.216. The second-order valence-corrected chi connectivity index (χ2v) is 2.42. The number of anilines is 1. The Bertz CT molecular complexity index is 307. The van der Waals surface area contributed by atoms with Crippen molar-refractivity contribution in [2.45, 2.75) is 6.54 Å². The normalized spacial score (nSPS) is 13.9. The Morgan fingerprint density at radius 1 is 1.45 bits per heavy atom. The molecule has 0 spiro atoms. The van der Waals surface area contributed by atoms with Crippen LogP contribution in [0.2, 0.25) is 0 Å². The summed E-state index contributed by atoms with van der Waals surface area (Å²) < 4.78 is 12.6. The van der Waals surface area contributed by atoms with Crippen molar-refractivity contribution in [3.63, 3.8) is 0 Å². The van der Waals surface area contributed by atoms with E-state index in [0.717, 1.165) is 11.3 Å². The minimum Gasteiger partial charge on any atom is -0.244 e. The van der Waals surface area contributed by atoms with Gasteiger partial charge in [0, 0.05) is 11.6 Å². The predicted molar refractivity (Wildman–Crippen MR) is 41.9 cm³/mol. The second kappa shape index (κ2) is 2.34. The summed E-state index contributed by atoms with van der Waals surface area (Å²) in [5, 5.41) is 2.87. The fourth-order valence-corrected chi connectivity index (χ4v) is 1.08. The maximum absolute atomic E-state index is 12.6. The SMILES string of the molecule is Fc1ccc2c(c1)NC=[N+]C2. The van der Waals surface area contributed by atoms with E-state index in [1.54, 1.807) is 12.4 Å². The predicted octanol–water partition coefficient (Wildman–Crippen LogP) is 1.12. The van der Waals surface area contributed by atoms with Gasteiger partial charge < -0.3 is 0 Å². The van der Waals surface area contributed by atoms with E-state index in [1.807, 2.05) is 0 Å². The van der Waals surface area contributed by atoms with Crippen molar-refractivity contribution in [3.8, 4) is 0 Å². The lowest BCUT2D eigenvalue weighted by atomic mass is 10.1. The molecule has 1 aromatic rings. The monoisotopic (exact) mass is 150 g/mol. The number of hydrogen-bond donors (Lipinski definition) is 1. The lowest BCUT2D eigenvalue weighted by Gasteiger charge is -2.02. The molecule has 1 radical (unpaired) electrons. The topological polar surface area (TPSA) is 26.1 Å². The number of benzene rings is 1. The lowest BCUT2D eigenvalue weighted by Crippen LogP contribution is -2.12. The Morgan fingerprint density at radius 2 is 2.36 bits per heavy atom. The number of aliphatic imine (C=N–C) groups is 1. The van der Waals surface area contributed by atoms with E-state index in [0.29, 0.717) is 6.54 Å². The van der Waals surface area contributed by atoms with Gasteiger partial charge in [-0.2, -0.15) is 0 Å². The molecule has 0 amide bonds. The first-order chi connectivity index (χ1) is 5.36. The molecular weight excluding hydrogens is 143 g/mol. The maximum atomic E-state index is 12.6. The fraction of sp³-hybridized carbons (Fsp3) is 0.125. The molecule has 3 heteroatoms. The Balaban J connectivity index is 2.48. The fourth-order valence-electron chi connectivity index (χ4n) is 1.08. The van der Waals surface area contributed by atoms with Gasteiger partial charge in [0.25, 0.3) is 6.34 Å². The first-order valence-electron chi connectivity index (χ1n) is 3.39. The molecule has 1 N–H and O–H groups in total. The zero-order valence-corrected chi connectivity index (χ0v) is 5.84. The summed E-state index contributed by atoms with van der Waals surface area (Å²) in [5.41, 5.74) is 1.86. The van der Waals surface area contributed by atoms with E-state index < -0.39 is 0 Å². The Hall–Kier alpha value is -1.38. The molecule has 0 atom stereocenters. The Morgan fingerprint density at radius 3 is 3.27 bits per heavy atom. The van der Waals surface area contributed by atoms with E-state index in [9.17, 15) is 4.39 Å². The summed E-state index contributed by atoms with van der Waals surface area (Å²) in [6, 6.07) is 4.66. The quantitative estimate of drug-likeness (QED) is 0.589. The van der Waals surface area contributed by atoms with Gasteiger partial charge in [-0.15, -0.1) is 0 Å². The molecule has 1 aromatic carbocycles. The summed E-state index contributed by atoms with van der Waals surface area (Å²) in [5.74, 6) is -0.216. The summed E-state index contributed by atoms with van der Waals surface area (Å²) in [4.78, 5) is 3.99. The van der Waals surface area contributed by atoms with Crippen LogP contribution in [0.5, 0.6) is 0 Å². The third kappa shape index (κ3) is 1.09. The van der Waals surface area contributed by atoms with Crippen molar-refractivity contribution >= 4 is 12.0 Å². The number of nitrogens with zero attached hydrogens (tertiary/aromatic N) is 1. The molecule has 2 nitrogen and oxygen atoms in total. The minimum absolute atomic E-state index is 0.216. The number of nitrogens with one attached hydrogen (secondary N) is 1. The van der Waals surface area contributed by atoms with Gasteiger partial charge in [0.2, 0.25) is 0 Å². The van der Waals surface area contributed by atoms with Gasteiger partial charge in [-0.25, -0.2) is 9.71 Å². The zero-order valence-electron chi connectivity index (χ0n) is 5.84. The summed E-state index contributed by atoms with van der Waals surface area (Å²) in [6.45, 7) is 0.641. The van der Waals surface area contributed by atoms with Gasteiger partial charge in [0.05, 0.1) is 0 Å². The van der Waals surface area contributed by atoms with Gasteiger partial charge in [0.15, 0.2) is 6.54 Å². The number of fused-ring (bicyclic) bond motifs is 1. The van der Waals surface area contributed by atoms with Crippen molar-refractivity contribution in [3.05, 3.63) is 29.6 Å². The molecule has 0 saturated carbocycles.